The van der Waals surface area contributed by atoms with E-state index in [1.54, 1.807) is 12.1 Å². The van der Waals surface area contributed by atoms with Crippen LogP contribution in [0.25, 0.3) is 0 Å². The Bertz CT molecular complexity index is 893. The first-order valence-corrected chi connectivity index (χ1v) is 12.5. The van der Waals surface area contributed by atoms with Crippen molar-refractivity contribution >= 4 is 23.8 Å². The molecule has 6 aliphatic rings. The number of hydrogen-bond acceptors (Lipinski definition) is 4. The van der Waals surface area contributed by atoms with Crippen molar-refractivity contribution in [3.63, 3.8) is 0 Å². The van der Waals surface area contributed by atoms with Crippen LogP contribution in [0.15, 0.2) is 29.4 Å². The lowest BCUT2D eigenvalue weighted by molar-refractivity contribution is -0.127. The Morgan fingerprint density at radius 1 is 0.906 bits per heavy atom. The Morgan fingerprint density at radius 2 is 1.53 bits per heavy atom. The fraction of sp³-hybridized carbons (Fsp3) is 0.654. The Labute approximate surface area is 189 Å². The zero-order chi connectivity index (χ0) is 21.8. The maximum atomic E-state index is 13.6. The molecule has 2 unspecified atom stereocenters. The zero-order valence-corrected chi connectivity index (χ0v) is 18.5. The summed E-state index contributed by atoms with van der Waals surface area (Å²) in [5.74, 6) is 2.54. The summed E-state index contributed by atoms with van der Waals surface area (Å²) in [6, 6.07) is 7.26. The summed E-state index contributed by atoms with van der Waals surface area (Å²) in [6.07, 6.45) is 13.1. The molecule has 0 spiro atoms. The lowest BCUT2D eigenvalue weighted by Crippen LogP contribution is -2.58. The number of carboxylic acids is 1. The maximum Gasteiger partial charge on any atom is 0.335 e. The molecule has 1 aliphatic heterocycles. The summed E-state index contributed by atoms with van der Waals surface area (Å²) in [7, 11) is 0. The van der Waals surface area contributed by atoms with Gasteiger partial charge in [0.1, 0.15) is 0 Å². The van der Waals surface area contributed by atoms with Gasteiger partial charge in [-0.25, -0.2) is 4.79 Å². The quantitative estimate of drug-likeness (QED) is 0.722. The number of carbonyl (C=O) groups is 2. The van der Waals surface area contributed by atoms with E-state index in [9.17, 15) is 14.7 Å². The fourth-order valence-electron chi connectivity index (χ4n) is 7.89. The molecule has 1 aromatic carbocycles. The van der Waals surface area contributed by atoms with Crippen molar-refractivity contribution in [1.82, 2.24) is 5.32 Å². The molecule has 6 nitrogen and oxygen atoms in total. The van der Waals surface area contributed by atoms with Crippen LogP contribution in [0.3, 0.4) is 0 Å². The molecule has 5 saturated carbocycles. The van der Waals surface area contributed by atoms with E-state index in [0.29, 0.717) is 23.8 Å². The van der Waals surface area contributed by atoms with Crippen LogP contribution in [-0.4, -0.2) is 35.3 Å². The number of anilines is 1. The Hall–Kier alpha value is -2.37. The number of nitrogens with zero attached hydrogens (tertiary/aromatic N) is 2. The highest BCUT2D eigenvalue weighted by molar-refractivity contribution is 5.97. The first kappa shape index (κ1) is 20.3. The number of aromatic carboxylic acids is 1. The van der Waals surface area contributed by atoms with Gasteiger partial charge >= 0.3 is 5.97 Å². The summed E-state index contributed by atoms with van der Waals surface area (Å²) >= 11 is 0. The first-order chi connectivity index (χ1) is 15.6. The summed E-state index contributed by atoms with van der Waals surface area (Å²) in [5.41, 5.74) is 1.14. The number of carboxylic acid groups (broad SMARTS) is 1. The largest absolute Gasteiger partial charge is 0.478 e. The van der Waals surface area contributed by atoms with Gasteiger partial charge in [-0.1, -0.05) is 12.8 Å². The molecule has 4 bridgehead atoms. The third-order valence-electron chi connectivity index (χ3n) is 9.10. The molecule has 5 aliphatic carbocycles. The van der Waals surface area contributed by atoms with Gasteiger partial charge in [-0.15, -0.1) is 0 Å². The van der Waals surface area contributed by atoms with Crippen molar-refractivity contribution < 1.29 is 14.7 Å². The van der Waals surface area contributed by atoms with Crippen molar-refractivity contribution in [2.45, 2.75) is 69.9 Å². The first-order valence-electron chi connectivity index (χ1n) is 12.5. The summed E-state index contributed by atoms with van der Waals surface area (Å²) in [5, 5.41) is 19.4. The molecule has 0 aromatic heterocycles. The van der Waals surface area contributed by atoms with Crippen molar-refractivity contribution in [3.05, 3.63) is 29.8 Å². The van der Waals surface area contributed by atoms with Gasteiger partial charge in [0.25, 0.3) is 0 Å². The highest BCUT2D eigenvalue weighted by atomic mass is 16.4. The lowest BCUT2D eigenvalue weighted by Gasteiger charge is -2.54. The SMILES string of the molecule is O=C(O)c1ccc(N2N=CC(C(=O)NC3C4CC5CC(C4)CC3C5)C2C2CCCC2)cc1. The Morgan fingerprint density at radius 3 is 2.12 bits per heavy atom. The molecule has 6 heteroatoms. The summed E-state index contributed by atoms with van der Waals surface area (Å²) in [4.78, 5) is 24.9. The van der Waals surface area contributed by atoms with Crippen LogP contribution in [0, 0.1) is 35.5 Å². The Balaban J connectivity index is 1.22. The standard InChI is InChI=1S/C26H33N3O3/c30-25(28-23-19-10-15-9-16(12-19)13-20(23)11-15)22-14-27-29(24(22)17-3-1-2-4-17)21-7-5-18(6-8-21)26(31)32/h5-8,14-17,19-20,22-24H,1-4,9-13H2,(H,28,30)(H,31,32). The molecular weight excluding hydrogens is 402 g/mol. The van der Waals surface area contributed by atoms with Crippen molar-refractivity contribution in [3.8, 4) is 0 Å². The molecule has 1 heterocycles. The number of nitrogens with one attached hydrogen (secondary N) is 1. The number of carbonyl (C=O) groups excluding carboxylic acids is 1. The molecule has 0 radical (unpaired) electrons. The minimum Gasteiger partial charge on any atom is -0.478 e. The van der Waals surface area contributed by atoms with Gasteiger partial charge in [0.2, 0.25) is 5.91 Å². The average molecular weight is 436 g/mol. The predicted molar refractivity (Wildman–Crippen MR) is 123 cm³/mol. The van der Waals surface area contributed by atoms with Gasteiger partial charge in [0, 0.05) is 12.3 Å². The van der Waals surface area contributed by atoms with E-state index in [1.807, 2.05) is 23.4 Å². The molecule has 170 valence electrons. The van der Waals surface area contributed by atoms with Gasteiger partial charge in [-0.3, -0.25) is 9.80 Å². The monoisotopic (exact) mass is 435 g/mol. The highest BCUT2D eigenvalue weighted by Crippen LogP contribution is 2.53. The summed E-state index contributed by atoms with van der Waals surface area (Å²) in [6.45, 7) is 0. The lowest BCUT2D eigenvalue weighted by atomic mass is 9.54. The molecule has 2 atom stereocenters. The van der Waals surface area contributed by atoms with Gasteiger partial charge in [0.15, 0.2) is 0 Å². The molecule has 5 fully saturated rings. The van der Waals surface area contributed by atoms with E-state index < -0.39 is 5.97 Å². The second kappa shape index (κ2) is 7.89. The minimum atomic E-state index is -0.929. The second-order valence-corrected chi connectivity index (χ2v) is 11.0. The molecule has 1 amide bonds. The topological polar surface area (TPSA) is 82.0 Å². The van der Waals surface area contributed by atoms with E-state index in [4.69, 9.17) is 5.10 Å². The average Bonchev–Trinajstić information content (AvgIpc) is 3.45. The molecular formula is C26H33N3O3. The zero-order valence-electron chi connectivity index (χ0n) is 18.5. The van der Waals surface area contributed by atoms with Gasteiger partial charge < -0.3 is 10.4 Å². The highest BCUT2D eigenvalue weighted by Gasteiger charge is 2.50. The van der Waals surface area contributed by atoms with Crippen molar-refractivity contribution in [1.29, 1.82) is 0 Å². The van der Waals surface area contributed by atoms with Crippen LogP contribution >= 0.6 is 0 Å². The van der Waals surface area contributed by atoms with Gasteiger partial charge in [0.05, 0.1) is 23.2 Å². The number of benzene rings is 1. The molecule has 0 saturated heterocycles. The molecule has 7 rings (SSSR count). The number of hydrazone groups is 1. The number of amides is 1. The van der Waals surface area contributed by atoms with Crippen molar-refractivity contribution in [2.75, 3.05) is 5.01 Å². The molecule has 32 heavy (non-hydrogen) atoms. The van der Waals surface area contributed by atoms with E-state index >= 15 is 0 Å². The van der Waals surface area contributed by atoms with Crippen LogP contribution in [0.4, 0.5) is 5.69 Å². The van der Waals surface area contributed by atoms with Crippen LogP contribution in [0.1, 0.15) is 68.1 Å². The van der Waals surface area contributed by atoms with Crippen molar-refractivity contribution in [2.24, 2.45) is 40.6 Å². The summed E-state index contributed by atoms with van der Waals surface area (Å²) < 4.78 is 0. The third kappa shape index (κ3) is 3.43. The molecule has 1 aromatic rings. The van der Waals surface area contributed by atoms with Gasteiger partial charge in [-0.2, -0.15) is 5.10 Å². The molecule has 2 N–H and O–H groups in total. The van der Waals surface area contributed by atoms with Crippen LogP contribution in [0.2, 0.25) is 0 Å². The normalized spacial score (nSPS) is 37.9. The van der Waals surface area contributed by atoms with Gasteiger partial charge in [-0.05, 0) is 98.8 Å². The van der Waals surface area contributed by atoms with E-state index in [-0.39, 0.29) is 23.4 Å². The second-order valence-electron chi connectivity index (χ2n) is 11.0. The van der Waals surface area contributed by atoms with E-state index in [2.05, 4.69) is 5.32 Å². The smallest absolute Gasteiger partial charge is 0.335 e. The van der Waals surface area contributed by atoms with Crippen LogP contribution in [0.5, 0.6) is 0 Å². The van der Waals surface area contributed by atoms with Crippen LogP contribution in [-0.2, 0) is 4.79 Å². The number of hydrogen-bond donors (Lipinski definition) is 2. The van der Waals surface area contributed by atoms with E-state index in [0.717, 1.165) is 30.4 Å². The van der Waals surface area contributed by atoms with E-state index in [1.165, 1.54) is 44.9 Å². The fourth-order valence-corrected chi connectivity index (χ4v) is 7.89. The van der Waals surface area contributed by atoms with Crippen LogP contribution < -0.4 is 10.3 Å². The number of rotatable bonds is 5. The third-order valence-corrected chi connectivity index (χ3v) is 9.10. The Kier molecular flexibility index (Phi) is 4.99. The maximum absolute atomic E-state index is 13.6. The predicted octanol–water partition coefficient (Wildman–Crippen LogP) is 4.31. The minimum absolute atomic E-state index is 0.0185.